The van der Waals surface area contributed by atoms with Crippen LogP contribution in [0.5, 0.6) is 0 Å². The number of alkyl halides is 3. The number of pyridine rings is 1. The number of ether oxygens (including phenoxy) is 1. The zero-order valence-electron chi connectivity index (χ0n) is 13.2. The van der Waals surface area contributed by atoms with Crippen LogP contribution in [0.1, 0.15) is 28.5 Å². The van der Waals surface area contributed by atoms with E-state index in [4.69, 9.17) is 0 Å². The van der Waals surface area contributed by atoms with Crippen molar-refractivity contribution in [1.82, 2.24) is 9.47 Å². The molecule has 1 aromatic heterocycles. The molecule has 0 aromatic carbocycles. The van der Waals surface area contributed by atoms with E-state index in [-0.39, 0.29) is 18.7 Å². The Bertz CT molecular complexity index is 667. The number of halogens is 3. The largest absolute Gasteiger partial charge is 0.416 e. The highest BCUT2D eigenvalue weighted by atomic mass is 19.4. The van der Waals surface area contributed by atoms with Crippen LogP contribution in [0.4, 0.5) is 13.2 Å². The second kappa shape index (κ2) is 6.35. The van der Waals surface area contributed by atoms with Crippen LogP contribution in [0.2, 0.25) is 0 Å². The molecule has 0 radical (unpaired) electrons. The number of carbonyl (C=O) groups excluding carboxylic acids is 1. The molecule has 1 aliphatic rings. The van der Waals surface area contributed by atoms with Crippen molar-refractivity contribution in [3.05, 3.63) is 33.2 Å². The summed E-state index contributed by atoms with van der Waals surface area (Å²) in [5.41, 5.74) is 0.956. The molecular formula is C15H19F3N2O3. The van der Waals surface area contributed by atoms with Crippen molar-refractivity contribution >= 4 is 5.91 Å². The van der Waals surface area contributed by atoms with Crippen molar-refractivity contribution in [3.63, 3.8) is 0 Å². The van der Waals surface area contributed by atoms with Gasteiger partial charge in [-0.2, -0.15) is 13.2 Å². The average Bonchev–Trinajstić information content (AvgIpc) is 2.50. The van der Waals surface area contributed by atoms with Gasteiger partial charge in [0.2, 0.25) is 0 Å². The van der Waals surface area contributed by atoms with Gasteiger partial charge in [-0.15, -0.1) is 0 Å². The molecule has 5 nitrogen and oxygen atoms in total. The molecule has 128 valence electrons. The summed E-state index contributed by atoms with van der Waals surface area (Å²) in [6.07, 6.45) is -5.92. The van der Waals surface area contributed by atoms with Crippen molar-refractivity contribution in [2.45, 2.75) is 32.5 Å². The Labute approximate surface area is 131 Å². The first-order chi connectivity index (χ1) is 10.7. The molecule has 0 spiro atoms. The van der Waals surface area contributed by atoms with Crippen LogP contribution in [0.15, 0.2) is 10.9 Å². The summed E-state index contributed by atoms with van der Waals surface area (Å²) in [6.45, 7) is 2.89. The Morgan fingerprint density at radius 2 is 2.09 bits per heavy atom. The molecule has 1 saturated heterocycles. The fourth-order valence-electron chi connectivity index (χ4n) is 2.80. The summed E-state index contributed by atoms with van der Waals surface area (Å²) >= 11 is 0. The van der Waals surface area contributed by atoms with Gasteiger partial charge in [-0.05, 0) is 25.0 Å². The summed E-state index contributed by atoms with van der Waals surface area (Å²) in [5, 5.41) is 0. The van der Waals surface area contributed by atoms with Crippen LogP contribution >= 0.6 is 0 Å². The lowest BCUT2D eigenvalue weighted by atomic mass is 10.1. The lowest BCUT2D eigenvalue weighted by Gasteiger charge is -2.33. The van der Waals surface area contributed by atoms with Crippen molar-refractivity contribution in [2.24, 2.45) is 7.05 Å². The van der Waals surface area contributed by atoms with E-state index in [1.54, 1.807) is 14.0 Å². The standard InChI is InChI=1S/C15H19F3N2O3/c1-4-11-9(2)7-10(13(21)19(11)3)14(22)20-5-6-23-12(8-20)15(16,17)18/h7,12H,4-6,8H2,1-3H3/t12-/m1/s1. The first-order valence-corrected chi connectivity index (χ1v) is 7.33. The van der Waals surface area contributed by atoms with Gasteiger partial charge in [0.1, 0.15) is 5.56 Å². The minimum Gasteiger partial charge on any atom is -0.365 e. The Morgan fingerprint density at radius 3 is 2.65 bits per heavy atom. The maximum Gasteiger partial charge on any atom is 0.416 e. The van der Waals surface area contributed by atoms with Crippen molar-refractivity contribution in [3.8, 4) is 0 Å². The van der Waals surface area contributed by atoms with Crippen molar-refractivity contribution in [1.29, 1.82) is 0 Å². The molecule has 0 N–H and O–H groups in total. The second-order valence-electron chi connectivity index (χ2n) is 5.56. The van der Waals surface area contributed by atoms with E-state index in [0.29, 0.717) is 6.42 Å². The number of rotatable bonds is 2. The van der Waals surface area contributed by atoms with Crippen LogP contribution in [0.3, 0.4) is 0 Å². The molecule has 1 aromatic rings. The van der Waals surface area contributed by atoms with E-state index in [0.717, 1.165) is 16.2 Å². The summed E-state index contributed by atoms with van der Waals surface area (Å²) in [7, 11) is 1.56. The van der Waals surface area contributed by atoms with E-state index in [2.05, 4.69) is 4.74 Å². The number of nitrogens with zero attached hydrogens (tertiary/aromatic N) is 2. The van der Waals surface area contributed by atoms with Crippen molar-refractivity contribution in [2.75, 3.05) is 19.7 Å². The Kier molecular flexibility index (Phi) is 4.84. The van der Waals surface area contributed by atoms with Gasteiger partial charge >= 0.3 is 6.18 Å². The van der Waals surface area contributed by atoms with Gasteiger partial charge in [0.15, 0.2) is 6.10 Å². The highest BCUT2D eigenvalue weighted by Gasteiger charge is 2.44. The molecule has 0 bridgehead atoms. The summed E-state index contributed by atoms with van der Waals surface area (Å²) < 4.78 is 44.3. The van der Waals surface area contributed by atoms with Crippen LogP contribution < -0.4 is 5.56 Å². The van der Waals surface area contributed by atoms with Gasteiger partial charge < -0.3 is 14.2 Å². The van der Waals surface area contributed by atoms with Gasteiger partial charge in [-0.3, -0.25) is 9.59 Å². The predicted octanol–water partition coefficient (Wildman–Crippen LogP) is 1.66. The number of amides is 1. The summed E-state index contributed by atoms with van der Waals surface area (Å²) in [5.74, 6) is -0.686. The quantitative estimate of drug-likeness (QED) is 0.828. The third kappa shape index (κ3) is 3.41. The summed E-state index contributed by atoms with van der Waals surface area (Å²) in [4.78, 5) is 25.8. The molecular weight excluding hydrogens is 313 g/mol. The number of morpholine rings is 1. The van der Waals surface area contributed by atoms with Crippen LogP contribution in [-0.2, 0) is 18.2 Å². The molecule has 2 rings (SSSR count). The van der Waals surface area contributed by atoms with Crippen molar-refractivity contribution < 1.29 is 22.7 Å². The van der Waals surface area contributed by atoms with E-state index >= 15 is 0 Å². The maximum atomic E-state index is 12.8. The van der Waals surface area contributed by atoms with E-state index in [1.165, 1.54) is 10.6 Å². The number of hydrogen-bond acceptors (Lipinski definition) is 3. The Hall–Kier alpha value is -1.83. The number of carbonyl (C=O) groups is 1. The van der Waals surface area contributed by atoms with Gasteiger partial charge in [0, 0.05) is 19.3 Å². The fourth-order valence-corrected chi connectivity index (χ4v) is 2.80. The topological polar surface area (TPSA) is 51.5 Å². The molecule has 1 atom stereocenters. The van der Waals surface area contributed by atoms with Gasteiger partial charge in [-0.1, -0.05) is 6.92 Å². The molecule has 1 aliphatic heterocycles. The number of hydrogen-bond donors (Lipinski definition) is 0. The first kappa shape index (κ1) is 17.5. The lowest BCUT2D eigenvalue weighted by Crippen LogP contribution is -2.52. The van der Waals surface area contributed by atoms with Gasteiger partial charge in [0.05, 0.1) is 13.2 Å². The molecule has 1 amide bonds. The monoisotopic (exact) mass is 332 g/mol. The Balaban J connectivity index is 2.33. The lowest BCUT2D eigenvalue weighted by molar-refractivity contribution is -0.233. The zero-order chi connectivity index (χ0) is 17.4. The molecule has 2 heterocycles. The summed E-state index contributed by atoms with van der Waals surface area (Å²) in [6, 6.07) is 1.46. The van der Waals surface area contributed by atoms with Gasteiger partial charge in [0.25, 0.3) is 11.5 Å². The zero-order valence-corrected chi connectivity index (χ0v) is 13.2. The van der Waals surface area contributed by atoms with Crippen LogP contribution in [0, 0.1) is 6.92 Å². The number of aryl methyl sites for hydroxylation is 1. The van der Waals surface area contributed by atoms with Gasteiger partial charge in [-0.25, -0.2) is 0 Å². The van der Waals surface area contributed by atoms with Crippen LogP contribution in [-0.4, -0.2) is 47.4 Å². The third-order valence-corrected chi connectivity index (χ3v) is 4.04. The second-order valence-corrected chi connectivity index (χ2v) is 5.56. The molecule has 0 saturated carbocycles. The minimum atomic E-state index is -4.54. The van der Waals surface area contributed by atoms with E-state index in [1.807, 2.05) is 6.92 Å². The number of aromatic nitrogens is 1. The van der Waals surface area contributed by atoms with E-state index < -0.39 is 30.3 Å². The van der Waals surface area contributed by atoms with Crippen LogP contribution in [0.25, 0.3) is 0 Å². The minimum absolute atomic E-state index is 0.0309. The normalized spacial score (nSPS) is 19.0. The molecule has 8 heteroatoms. The fraction of sp³-hybridized carbons (Fsp3) is 0.600. The smallest absolute Gasteiger partial charge is 0.365 e. The molecule has 0 aliphatic carbocycles. The first-order valence-electron chi connectivity index (χ1n) is 7.33. The maximum absolute atomic E-state index is 12.8. The Morgan fingerprint density at radius 1 is 1.43 bits per heavy atom. The van der Waals surface area contributed by atoms with E-state index in [9.17, 15) is 22.8 Å². The predicted molar refractivity (Wildman–Crippen MR) is 77.5 cm³/mol. The highest BCUT2D eigenvalue weighted by molar-refractivity contribution is 5.94. The molecule has 1 fully saturated rings. The third-order valence-electron chi connectivity index (χ3n) is 4.04. The molecule has 0 unspecified atom stereocenters. The molecule has 23 heavy (non-hydrogen) atoms. The average molecular weight is 332 g/mol. The SMILES string of the molecule is CCc1c(C)cc(C(=O)N2CCO[C@@H](C(F)(F)F)C2)c(=O)n1C. The highest BCUT2D eigenvalue weighted by Crippen LogP contribution is 2.26.